The maximum Gasteiger partial charge on any atom is 0.233 e. The molecule has 2 aromatic heterocycles. The van der Waals surface area contributed by atoms with Crippen LogP contribution in [0, 0.1) is 6.92 Å². The van der Waals surface area contributed by atoms with E-state index in [0.717, 1.165) is 16.9 Å². The first-order valence-electron chi connectivity index (χ1n) is 9.94. The summed E-state index contributed by atoms with van der Waals surface area (Å²) < 4.78 is 31.2. The largest absolute Gasteiger partial charge is 0.469 e. The molecule has 0 unspecified atom stereocenters. The zero-order valence-corrected chi connectivity index (χ0v) is 19.0. The lowest BCUT2D eigenvalue weighted by Gasteiger charge is -2.28. The SMILES string of the molecule is Cc1occc1-c1nnc(SCC(=O)N(Cc2ccccc2)[C@H]2CCS(=O)(=O)C2)n1C. The number of aromatic nitrogens is 3. The van der Waals surface area contributed by atoms with Crippen LogP contribution in [0.25, 0.3) is 11.4 Å². The predicted octanol–water partition coefficient (Wildman–Crippen LogP) is 2.69. The second-order valence-electron chi connectivity index (χ2n) is 7.61. The number of rotatable bonds is 7. The van der Waals surface area contributed by atoms with Gasteiger partial charge in [-0.3, -0.25) is 4.79 Å². The Balaban J connectivity index is 1.49. The molecular formula is C21H24N4O4S2. The van der Waals surface area contributed by atoms with E-state index in [1.807, 2.05) is 54.9 Å². The van der Waals surface area contributed by atoms with Crippen LogP contribution in [-0.4, -0.2) is 57.3 Å². The van der Waals surface area contributed by atoms with Gasteiger partial charge in [0, 0.05) is 19.6 Å². The van der Waals surface area contributed by atoms with Crippen molar-refractivity contribution in [3.05, 3.63) is 54.0 Å². The van der Waals surface area contributed by atoms with Crippen molar-refractivity contribution in [3.63, 3.8) is 0 Å². The van der Waals surface area contributed by atoms with Gasteiger partial charge in [-0.25, -0.2) is 8.42 Å². The minimum Gasteiger partial charge on any atom is -0.469 e. The predicted molar refractivity (Wildman–Crippen MR) is 118 cm³/mol. The highest BCUT2D eigenvalue weighted by molar-refractivity contribution is 7.99. The lowest BCUT2D eigenvalue weighted by atomic mass is 10.1. The van der Waals surface area contributed by atoms with E-state index in [1.165, 1.54) is 11.8 Å². The van der Waals surface area contributed by atoms with E-state index in [-0.39, 0.29) is 29.2 Å². The maximum absolute atomic E-state index is 13.2. The van der Waals surface area contributed by atoms with Gasteiger partial charge in [-0.15, -0.1) is 10.2 Å². The van der Waals surface area contributed by atoms with E-state index in [4.69, 9.17) is 4.42 Å². The number of carbonyl (C=O) groups excluding carboxylic acids is 1. The van der Waals surface area contributed by atoms with E-state index >= 15 is 0 Å². The van der Waals surface area contributed by atoms with Gasteiger partial charge in [-0.1, -0.05) is 42.1 Å². The molecule has 31 heavy (non-hydrogen) atoms. The summed E-state index contributed by atoms with van der Waals surface area (Å²) in [4.78, 5) is 14.9. The van der Waals surface area contributed by atoms with E-state index in [9.17, 15) is 13.2 Å². The molecule has 0 aliphatic carbocycles. The standard InChI is InChI=1S/C21H24N4O4S2/c1-15-18(8-10-29-15)20-22-23-21(24(20)2)30-13-19(26)25(12-16-6-4-3-5-7-16)17-9-11-31(27,28)14-17/h3-8,10,17H,9,11-14H2,1-2H3/t17-/m0/s1. The van der Waals surface area contributed by atoms with Crippen molar-refractivity contribution in [3.8, 4) is 11.4 Å². The summed E-state index contributed by atoms with van der Waals surface area (Å²) in [5, 5.41) is 9.06. The third-order valence-corrected chi connectivity index (χ3v) is 8.18. The molecule has 3 aromatic rings. The molecular weight excluding hydrogens is 436 g/mol. The average molecular weight is 461 g/mol. The Hall–Kier alpha value is -2.59. The topological polar surface area (TPSA) is 98.3 Å². The number of benzene rings is 1. The molecule has 1 amide bonds. The molecule has 0 bridgehead atoms. The Morgan fingerprint density at radius 2 is 2.03 bits per heavy atom. The van der Waals surface area contributed by atoms with Crippen molar-refractivity contribution in [2.75, 3.05) is 17.3 Å². The Labute approximate surface area is 185 Å². The summed E-state index contributed by atoms with van der Waals surface area (Å²) in [6.45, 7) is 2.25. The molecule has 0 N–H and O–H groups in total. The molecule has 1 aliphatic heterocycles. The second kappa shape index (κ2) is 8.88. The first-order valence-corrected chi connectivity index (χ1v) is 12.8. The minimum absolute atomic E-state index is 0.0180. The fourth-order valence-electron chi connectivity index (χ4n) is 3.72. The lowest BCUT2D eigenvalue weighted by molar-refractivity contribution is -0.130. The monoisotopic (exact) mass is 460 g/mol. The van der Waals surface area contributed by atoms with E-state index in [2.05, 4.69) is 10.2 Å². The molecule has 1 fully saturated rings. The average Bonchev–Trinajstić information content (AvgIpc) is 3.43. The number of thioether (sulfide) groups is 1. The molecule has 8 nitrogen and oxygen atoms in total. The number of carbonyl (C=O) groups is 1. The number of sulfone groups is 1. The lowest BCUT2D eigenvalue weighted by Crippen LogP contribution is -2.41. The quantitative estimate of drug-likeness (QED) is 0.500. The van der Waals surface area contributed by atoms with Gasteiger partial charge in [0.15, 0.2) is 20.8 Å². The molecule has 10 heteroatoms. The third kappa shape index (κ3) is 4.85. The molecule has 0 spiro atoms. The van der Waals surface area contributed by atoms with Crippen LogP contribution in [0.2, 0.25) is 0 Å². The summed E-state index contributed by atoms with van der Waals surface area (Å²) in [5.74, 6) is 1.60. The van der Waals surface area contributed by atoms with Crippen molar-refractivity contribution in [1.29, 1.82) is 0 Å². The van der Waals surface area contributed by atoms with Crippen LogP contribution in [0.4, 0.5) is 0 Å². The smallest absolute Gasteiger partial charge is 0.233 e. The van der Waals surface area contributed by atoms with Gasteiger partial charge in [0.1, 0.15) is 5.76 Å². The van der Waals surface area contributed by atoms with Crippen molar-refractivity contribution in [1.82, 2.24) is 19.7 Å². The van der Waals surface area contributed by atoms with Gasteiger partial charge in [0.25, 0.3) is 0 Å². The van der Waals surface area contributed by atoms with Gasteiger partial charge in [-0.05, 0) is 25.0 Å². The van der Waals surface area contributed by atoms with Crippen LogP contribution >= 0.6 is 11.8 Å². The summed E-state index contributed by atoms with van der Waals surface area (Å²) in [7, 11) is -1.25. The zero-order valence-electron chi connectivity index (χ0n) is 17.4. The van der Waals surface area contributed by atoms with Crippen LogP contribution in [0.1, 0.15) is 17.7 Å². The number of nitrogens with zero attached hydrogens (tertiary/aromatic N) is 4. The van der Waals surface area contributed by atoms with Gasteiger partial charge in [-0.2, -0.15) is 0 Å². The highest BCUT2D eigenvalue weighted by Crippen LogP contribution is 2.27. The Bertz CT molecular complexity index is 1170. The number of furan rings is 1. The zero-order chi connectivity index (χ0) is 22.0. The number of hydrogen-bond acceptors (Lipinski definition) is 7. The van der Waals surface area contributed by atoms with Crippen LogP contribution < -0.4 is 0 Å². The van der Waals surface area contributed by atoms with E-state index < -0.39 is 9.84 Å². The van der Waals surface area contributed by atoms with Gasteiger partial charge in [0.05, 0.1) is 29.1 Å². The van der Waals surface area contributed by atoms with Crippen LogP contribution in [0.3, 0.4) is 0 Å². The summed E-state index contributed by atoms with van der Waals surface area (Å²) in [6, 6.07) is 11.2. The Morgan fingerprint density at radius 3 is 2.68 bits per heavy atom. The molecule has 0 saturated carbocycles. The first-order chi connectivity index (χ1) is 14.8. The summed E-state index contributed by atoms with van der Waals surface area (Å²) >= 11 is 1.29. The van der Waals surface area contributed by atoms with Crippen LogP contribution in [0.5, 0.6) is 0 Å². The van der Waals surface area contributed by atoms with Crippen molar-refractivity contribution in [2.45, 2.75) is 31.1 Å². The molecule has 3 heterocycles. The minimum atomic E-state index is -3.10. The summed E-state index contributed by atoms with van der Waals surface area (Å²) in [6.07, 6.45) is 2.08. The van der Waals surface area contributed by atoms with Crippen molar-refractivity contribution < 1.29 is 17.6 Å². The number of hydrogen-bond donors (Lipinski definition) is 0. The van der Waals surface area contributed by atoms with Crippen molar-refractivity contribution in [2.24, 2.45) is 7.05 Å². The molecule has 1 saturated heterocycles. The second-order valence-corrected chi connectivity index (χ2v) is 10.8. The van der Waals surface area contributed by atoms with Crippen LogP contribution in [-0.2, 0) is 28.2 Å². The Morgan fingerprint density at radius 1 is 1.26 bits per heavy atom. The first kappa shape index (κ1) is 21.6. The van der Waals surface area contributed by atoms with Gasteiger partial charge >= 0.3 is 0 Å². The van der Waals surface area contributed by atoms with Crippen molar-refractivity contribution >= 4 is 27.5 Å². The molecule has 4 rings (SSSR count). The Kier molecular flexibility index (Phi) is 6.19. The fourth-order valence-corrected chi connectivity index (χ4v) is 6.25. The summed E-state index contributed by atoms with van der Waals surface area (Å²) in [5.41, 5.74) is 1.83. The normalized spacial score (nSPS) is 17.7. The van der Waals surface area contributed by atoms with E-state index in [1.54, 1.807) is 11.2 Å². The van der Waals surface area contributed by atoms with Gasteiger partial charge in [0.2, 0.25) is 5.91 Å². The number of amides is 1. The molecule has 0 radical (unpaired) electrons. The van der Waals surface area contributed by atoms with E-state index in [0.29, 0.717) is 23.9 Å². The third-order valence-electron chi connectivity index (χ3n) is 5.42. The molecule has 1 aliphatic rings. The molecule has 164 valence electrons. The molecule has 1 atom stereocenters. The fraction of sp³-hybridized carbons (Fsp3) is 0.381. The number of aryl methyl sites for hydroxylation is 1. The highest BCUT2D eigenvalue weighted by atomic mass is 32.2. The highest BCUT2D eigenvalue weighted by Gasteiger charge is 2.34. The van der Waals surface area contributed by atoms with Gasteiger partial charge < -0.3 is 13.9 Å². The maximum atomic E-state index is 13.2. The molecule has 1 aromatic carbocycles. The van der Waals surface area contributed by atoms with Crippen LogP contribution in [0.15, 0.2) is 52.2 Å².